The number of nitrogens with zero attached hydrogens (tertiary/aromatic N) is 2. The Bertz CT molecular complexity index is 1460. The molecule has 4 rings (SSSR count). The number of hydrogen-bond acceptors (Lipinski definition) is 8. The summed E-state index contributed by atoms with van der Waals surface area (Å²) in [6.45, 7) is 3.74. The molecule has 37 heavy (non-hydrogen) atoms. The first kappa shape index (κ1) is 25.9. The number of amides is 1. The van der Waals surface area contributed by atoms with E-state index >= 15 is 0 Å². The molecule has 0 aliphatic carbocycles. The van der Waals surface area contributed by atoms with E-state index in [9.17, 15) is 14.4 Å². The Hall–Kier alpha value is -4.18. The predicted molar refractivity (Wildman–Crippen MR) is 142 cm³/mol. The maximum Gasteiger partial charge on any atom is 0.348 e. The molecule has 0 saturated heterocycles. The molecule has 0 aliphatic heterocycles. The van der Waals surface area contributed by atoms with Crippen LogP contribution in [0.2, 0.25) is 0 Å². The number of esters is 1. The van der Waals surface area contributed by atoms with E-state index in [0.717, 1.165) is 11.3 Å². The van der Waals surface area contributed by atoms with Gasteiger partial charge in [0.15, 0.2) is 0 Å². The first-order valence-corrected chi connectivity index (χ1v) is 12.5. The van der Waals surface area contributed by atoms with Crippen LogP contribution in [0.5, 0.6) is 11.5 Å². The number of aromatic nitrogens is 2. The minimum atomic E-state index is -0.806. The van der Waals surface area contributed by atoms with Gasteiger partial charge in [-0.05, 0) is 43.2 Å². The SMILES string of the molecule is CCC(C(=O)Nc1ccccc1OC)n1cnc2sc(C(=O)OCCOc3ccccc3)c(C)c2c1=O. The molecule has 192 valence electrons. The summed E-state index contributed by atoms with van der Waals surface area (Å²) in [7, 11) is 1.52. The number of fused-ring (bicyclic) bond motifs is 1. The zero-order valence-corrected chi connectivity index (χ0v) is 21.5. The normalized spacial score (nSPS) is 11.6. The number of aryl methyl sites for hydroxylation is 1. The monoisotopic (exact) mass is 521 g/mol. The second-order valence-corrected chi connectivity index (χ2v) is 9.10. The van der Waals surface area contributed by atoms with Gasteiger partial charge in [-0.1, -0.05) is 37.3 Å². The summed E-state index contributed by atoms with van der Waals surface area (Å²) < 4.78 is 17.5. The molecule has 4 aromatic rings. The van der Waals surface area contributed by atoms with E-state index in [4.69, 9.17) is 14.2 Å². The molecule has 1 N–H and O–H groups in total. The summed E-state index contributed by atoms with van der Waals surface area (Å²) in [6.07, 6.45) is 1.70. The zero-order chi connectivity index (χ0) is 26.4. The minimum Gasteiger partial charge on any atom is -0.495 e. The smallest absolute Gasteiger partial charge is 0.348 e. The number of thiophene rings is 1. The minimum absolute atomic E-state index is 0.0557. The van der Waals surface area contributed by atoms with E-state index in [1.807, 2.05) is 37.3 Å². The van der Waals surface area contributed by atoms with Gasteiger partial charge in [0.2, 0.25) is 5.91 Å². The third-order valence-corrected chi connectivity index (χ3v) is 6.96. The number of rotatable bonds is 10. The maximum atomic E-state index is 13.4. The lowest BCUT2D eigenvalue weighted by Gasteiger charge is -2.18. The summed E-state index contributed by atoms with van der Waals surface area (Å²) in [5.41, 5.74) is 0.580. The third-order valence-electron chi connectivity index (χ3n) is 5.78. The molecule has 0 spiro atoms. The van der Waals surface area contributed by atoms with Crippen LogP contribution in [0.15, 0.2) is 65.7 Å². The second-order valence-electron chi connectivity index (χ2n) is 8.10. The Morgan fingerprint density at radius 2 is 1.81 bits per heavy atom. The second kappa shape index (κ2) is 11.7. The van der Waals surface area contributed by atoms with Crippen molar-refractivity contribution in [2.75, 3.05) is 25.6 Å². The molecule has 10 heteroatoms. The fraction of sp³-hybridized carbons (Fsp3) is 0.259. The standard InChI is InChI=1S/C27H27N3O6S/c1-4-20(24(31)29-19-12-8-9-13-21(19)34-3)30-16-28-25-22(26(30)32)17(2)23(37-25)27(33)36-15-14-35-18-10-6-5-7-11-18/h5-13,16,20H,4,14-15H2,1-3H3,(H,29,31). The number of benzene rings is 2. The van der Waals surface area contributed by atoms with Crippen LogP contribution in [0.1, 0.15) is 34.6 Å². The van der Waals surface area contributed by atoms with Crippen LogP contribution < -0.4 is 20.3 Å². The first-order valence-electron chi connectivity index (χ1n) is 11.7. The van der Waals surface area contributed by atoms with Crippen molar-refractivity contribution in [1.82, 2.24) is 9.55 Å². The van der Waals surface area contributed by atoms with Crippen LogP contribution in [0.25, 0.3) is 10.2 Å². The van der Waals surface area contributed by atoms with Gasteiger partial charge in [0.1, 0.15) is 40.5 Å². The van der Waals surface area contributed by atoms with Gasteiger partial charge in [-0.25, -0.2) is 9.78 Å². The highest BCUT2D eigenvalue weighted by molar-refractivity contribution is 7.20. The number of anilines is 1. The van der Waals surface area contributed by atoms with E-state index in [-0.39, 0.29) is 19.1 Å². The highest BCUT2D eigenvalue weighted by atomic mass is 32.1. The largest absolute Gasteiger partial charge is 0.495 e. The van der Waals surface area contributed by atoms with Gasteiger partial charge in [-0.2, -0.15) is 0 Å². The van der Waals surface area contributed by atoms with E-state index < -0.39 is 17.6 Å². The molecular formula is C27H27N3O6S. The number of carbonyl (C=O) groups is 2. The predicted octanol–water partition coefficient (Wildman–Crippen LogP) is 4.60. The Labute approximate surface area is 217 Å². The molecule has 0 bridgehead atoms. The van der Waals surface area contributed by atoms with Gasteiger partial charge in [-0.15, -0.1) is 11.3 Å². The number of ether oxygens (including phenoxy) is 3. The molecule has 2 heterocycles. The molecule has 2 aromatic heterocycles. The van der Waals surface area contributed by atoms with Gasteiger partial charge >= 0.3 is 5.97 Å². The van der Waals surface area contributed by atoms with E-state index in [2.05, 4.69) is 10.3 Å². The van der Waals surface area contributed by atoms with Crippen molar-refractivity contribution >= 4 is 39.1 Å². The Balaban J connectivity index is 1.52. The molecule has 0 aliphatic rings. The van der Waals surface area contributed by atoms with Crippen molar-refractivity contribution in [3.8, 4) is 11.5 Å². The summed E-state index contributed by atoms with van der Waals surface area (Å²) in [5.74, 6) is 0.268. The van der Waals surface area contributed by atoms with Crippen LogP contribution >= 0.6 is 11.3 Å². The Morgan fingerprint density at radius 3 is 2.54 bits per heavy atom. The third kappa shape index (κ3) is 5.64. The molecule has 1 amide bonds. The van der Waals surface area contributed by atoms with Crippen molar-refractivity contribution in [2.24, 2.45) is 0 Å². The number of hydrogen-bond donors (Lipinski definition) is 1. The molecule has 1 unspecified atom stereocenters. The van der Waals surface area contributed by atoms with Gasteiger partial charge in [0.05, 0.1) is 24.5 Å². The van der Waals surface area contributed by atoms with Gasteiger partial charge in [0.25, 0.3) is 5.56 Å². The summed E-state index contributed by atoms with van der Waals surface area (Å²) in [5, 5.41) is 3.12. The van der Waals surface area contributed by atoms with Crippen molar-refractivity contribution in [2.45, 2.75) is 26.3 Å². The fourth-order valence-corrected chi connectivity index (χ4v) is 4.94. The Morgan fingerprint density at radius 1 is 1.08 bits per heavy atom. The highest BCUT2D eigenvalue weighted by Gasteiger charge is 2.25. The lowest BCUT2D eigenvalue weighted by atomic mass is 10.1. The van der Waals surface area contributed by atoms with E-state index in [1.165, 1.54) is 18.0 Å². The number of nitrogens with one attached hydrogen (secondary N) is 1. The zero-order valence-electron chi connectivity index (χ0n) is 20.7. The van der Waals surface area contributed by atoms with Crippen LogP contribution in [-0.4, -0.2) is 41.8 Å². The lowest BCUT2D eigenvalue weighted by molar-refractivity contribution is -0.119. The molecule has 0 fully saturated rings. The summed E-state index contributed by atoms with van der Waals surface area (Å²) in [4.78, 5) is 44.4. The van der Waals surface area contributed by atoms with Crippen molar-refractivity contribution < 1.29 is 23.8 Å². The van der Waals surface area contributed by atoms with Crippen molar-refractivity contribution in [1.29, 1.82) is 0 Å². The average molecular weight is 522 g/mol. The van der Waals surface area contributed by atoms with E-state index in [1.54, 1.807) is 31.2 Å². The number of methoxy groups -OCH3 is 1. The first-order chi connectivity index (χ1) is 17.9. The molecule has 1 atom stereocenters. The van der Waals surface area contributed by atoms with Crippen LogP contribution in [-0.2, 0) is 9.53 Å². The molecule has 0 radical (unpaired) electrons. The topological polar surface area (TPSA) is 109 Å². The molecule has 9 nitrogen and oxygen atoms in total. The van der Waals surface area contributed by atoms with Crippen molar-refractivity contribution in [3.05, 3.63) is 81.7 Å². The van der Waals surface area contributed by atoms with Gasteiger partial charge in [-0.3, -0.25) is 14.2 Å². The lowest BCUT2D eigenvalue weighted by Crippen LogP contribution is -2.33. The summed E-state index contributed by atoms with van der Waals surface area (Å²) in [6, 6.07) is 15.4. The van der Waals surface area contributed by atoms with Crippen LogP contribution in [0, 0.1) is 6.92 Å². The molecular weight excluding hydrogens is 494 g/mol. The van der Waals surface area contributed by atoms with Gasteiger partial charge in [0, 0.05) is 0 Å². The van der Waals surface area contributed by atoms with Crippen molar-refractivity contribution in [3.63, 3.8) is 0 Å². The van der Waals surface area contributed by atoms with Crippen LogP contribution in [0.4, 0.5) is 5.69 Å². The Kier molecular flexibility index (Phi) is 8.19. The molecule has 2 aromatic carbocycles. The average Bonchev–Trinajstić information content (AvgIpc) is 3.26. The number of para-hydroxylation sites is 3. The highest BCUT2D eigenvalue weighted by Crippen LogP contribution is 2.29. The quantitative estimate of drug-likeness (QED) is 0.240. The van der Waals surface area contributed by atoms with Crippen LogP contribution in [0.3, 0.4) is 0 Å². The maximum absolute atomic E-state index is 13.4. The number of carbonyl (C=O) groups excluding carboxylic acids is 2. The van der Waals surface area contributed by atoms with E-state index in [0.29, 0.717) is 44.3 Å². The fourth-order valence-electron chi connectivity index (χ4n) is 3.90. The molecule has 0 saturated carbocycles. The summed E-state index contributed by atoms with van der Waals surface area (Å²) >= 11 is 1.09. The van der Waals surface area contributed by atoms with Gasteiger partial charge < -0.3 is 19.5 Å².